The van der Waals surface area contributed by atoms with Crippen LogP contribution in [0, 0.1) is 0 Å². The molecule has 0 bridgehead atoms. The van der Waals surface area contributed by atoms with Crippen LogP contribution in [0.4, 0.5) is 0 Å². The molecule has 4 nitrogen and oxygen atoms in total. The van der Waals surface area contributed by atoms with Gasteiger partial charge in [-0.15, -0.1) is 0 Å². The monoisotopic (exact) mass is 215 g/mol. The molecule has 0 unspecified atom stereocenters. The van der Waals surface area contributed by atoms with Gasteiger partial charge in [-0.1, -0.05) is 0 Å². The molecular formula is H4Ni2O4P+. The van der Waals surface area contributed by atoms with Crippen molar-refractivity contribution < 1.29 is 52.6 Å². The van der Waals surface area contributed by atoms with Crippen molar-refractivity contribution in [1.82, 2.24) is 0 Å². The molecule has 0 aromatic carbocycles. The summed E-state index contributed by atoms with van der Waals surface area (Å²) in [7, 11) is -4.39. The van der Waals surface area contributed by atoms with Crippen LogP contribution in [-0.2, 0) is 33.0 Å². The van der Waals surface area contributed by atoms with Gasteiger partial charge in [0.25, 0.3) is 0 Å². The molecule has 0 amide bonds. The van der Waals surface area contributed by atoms with E-state index in [1.54, 1.807) is 0 Å². The topological polar surface area (TPSA) is 80.9 Å². The van der Waals surface area contributed by atoms with Gasteiger partial charge in [0.1, 0.15) is 0 Å². The van der Waals surface area contributed by atoms with Crippen LogP contribution >= 0.6 is 8.17 Å². The van der Waals surface area contributed by atoms with Gasteiger partial charge in [0.15, 0.2) is 0 Å². The molecule has 0 aromatic rings. The minimum Gasteiger partial charge on any atom is -0.168 e. The molecule has 0 heterocycles. The van der Waals surface area contributed by atoms with Crippen LogP contribution in [0.15, 0.2) is 0 Å². The minimum atomic E-state index is -4.39. The quantitative estimate of drug-likeness (QED) is 0.297. The smallest absolute Gasteiger partial charge is 0.168 e. The number of hydrogen-bond acceptors (Lipinski definition) is 4. The van der Waals surface area contributed by atoms with E-state index in [4.69, 9.17) is 19.6 Å². The maximum absolute atomic E-state index is 7.30. The Bertz CT molecular complexity index is 25.2. The predicted molar refractivity (Wildman–Crippen MR) is 15.8 cm³/mol. The van der Waals surface area contributed by atoms with E-state index in [0.717, 1.165) is 0 Å². The summed E-state index contributed by atoms with van der Waals surface area (Å²) in [4.78, 5) is 29.2. The molecule has 0 aliphatic rings. The third-order valence-corrected chi connectivity index (χ3v) is 0. The molecule has 0 fully saturated rings. The van der Waals surface area contributed by atoms with Crippen molar-refractivity contribution in [2.24, 2.45) is 0 Å². The molecule has 7 heavy (non-hydrogen) atoms. The van der Waals surface area contributed by atoms with Crippen molar-refractivity contribution in [2.45, 2.75) is 0 Å². The summed E-state index contributed by atoms with van der Waals surface area (Å²) >= 11 is 0. The normalized spacial score (nSPS) is 8.57. The molecular weight excluding hydrogens is 212 g/mol. The molecule has 4 N–H and O–H groups in total. The Morgan fingerprint density at radius 1 is 0.714 bits per heavy atom. The molecule has 0 aliphatic heterocycles. The second kappa shape index (κ2) is 5.39. The molecule has 0 aromatic heterocycles. The van der Waals surface area contributed by atoms with E-state index in [1.165, 1.54) is 0 Å². The van der Waals surface area contributed by atoms with E-state index in [9.17, 15) is 0 Å². The zero-order chi connectivity index (χ0) is 4.50. The van der Waals surface area contributed by atoms with E-state index in [2.05, 4.69) is 0 Å². The fraction of sp³-hybridized carbons (Fsp3) is 0. The van der Waals surface area contributed by atoms with Crippen LogP contribution < -0.4 is 0 Å². The maximum Gasteiger partial charge on any atom is 0.564 e. The summed E-state index contributed by atoms with van der Waals surface area (Å²) in [6.07, 6.45) is 0. The summed E-state index contributed by atoms with van der Waals surface area (Å²) in [5.41, 5.74) is 0. The van der Waals surface area contributed by atoms with Crippen molar-refractivity contribution in [3.05, 3.63) is 0 Å². The Morgan fingerprint density at radius 2 is 0.714 bits per heavy atom. The van der Waals surface area contributed by atoms with Crippen LogP contribution in [-0.4, -0.2) is 19.6 Å². The molecule has 7 heteroatoms. The molecule has 0 aliphatic carbocycles. The summed E-state index contributed by atoms with van der Waals surface area (Å²) in [6.45, 7) is 0. The first-order valence-electron chi connectivity index (χ1n) is 0.800. The average molecular weight is 216 g/mol. The first-order valence-corrected chi connectivity index (χ1v) is 2.40. The molecule has 0 radical (unpaired) electrons. The zero-order valence-corrected chi connectivity index (χ0v) is 5.74. The van der Waals surface area contributed by atoms with Gasteiger partial charge in [0, 0.05) is 33.0 Å². The van der Waals surface area contributed by atoms with E-state index in [1.807, 2.05) is 0 Å². The molecule has 0 rings (SSSR count). The molecule has 0 atom stereocenters. The molecule has 0 saturated carbocycles. The largest absolute Gasteiger partial charge is 0.564 e. The van der Waals surface area contributed by atoms with Gasteiger partial charge in [0.05, 0.1) is 0 Å². The number of rotatable bonds is 0. The van der Waals surface area contributed by atoms with Gasteiger partial charge in [-0.3, -0.25) is 0 Å². The first kappa shape index (κ1) is 15.7. The van der Waals surface area contributed by atoms with Gasteiger partial charge < -0.3 is 0 Å². The first-order chi connectivity index (χ1) is 2.00. The van der Waals surface area contributed by atoms with E-state index in [-0.39, 0.29) is 33.0 Å². The van der Waals surface area contributed by atoms with Crippen molar-refractivity contribution in [2.75, 3.05) is 0 Å². The van der Waals surface area contributed by atoms with Crippen molar-refractivity contribution in [3.8, 4) is 0 Å². The Balaban J connectivity index is -0.0000000800. The molecule has 52 valence electrons. The second-order valence-corrected chi connectivity index (χ2v) is 1.61. The van der Waals surface area contributed by atoms with Crippen molar-refractivity contribution in [3.63, 3.8) is 0 Å². The van der Waals surface area contributed by atoms with Gasteiger partial charge in [0.2, 0.25) is 0 Å². The Hall–Kier alpha value is 1.26. The van der Waals surface area contributed by atoms with Crippen LogP contribution in [0.1, 0.15) is 0 Å². The van der Waals surface area contributed by atoms with Crippen LogP contribution in [0.3, 0.4) is 0 Å². The van der Waals surface area contributed by atoms with Crippen LogP contribution in [0.5, 0.6) is 0 Å². The average Bonchev–Trinajstić information content (AvgIpc) is 0.722. The zero-order valence-electron chi connectivity index (χ0n) is 2.87. The fourth-order valence-electron chi connectivity index (χ4n) is 0. The van der Waals surface area contributed by atoms with Crippen molar-refractivity contribution in [1.29, 1.82) is 0 Å². The van der Waals surface area contributed by atoms with Gasteiger partial charge in [-0.2, -0.15) is 19.6 Å². The summed E-state index contributed by atoms with van der Waals surface area (Å²) in [5.74, 6) is 0. The minimum absolute atomic E-state index is 0. The maximum atomic E-state index is 7.30. The fourth-order valence-corrected chi connectivity index (χ4v) is 0. The summed E-state index contributed by atoms with van der Waals surface area (Å²) in [6, 6.07) is 0. The van der Waals surface area contributed by atoms with Gasteiger partial charge >= 0.3 is 8.17 Å². The number of hydrogen-bond donors (Lipinski definition) is 4. The van der Waals surface area contributed by atoms with E-state index < -0.39 is 8.17 Å². The van der Waals surface area contributed by atoms with Gasteiger partial charge in [-0.25, -0.2) is 0 Å². The standard InChI is InChI=1S/2Ni.H4O4P/c;;1-5(2,3)4/h;;1-4H/q;;+1. The van der Waals surface area contributed by atoms with E-state index in [0.29, 0.717) is 0 Å². The van der Waals surface area contributed by atoms with Crippen LogP contribution in [0.2, 0.25) is 0 Å². The van der Waals surface area contributed by atoms with Crippen LogP contribution in [0.25, 0.3) is 0 Å². The SMILES string of the molecule is O[P+](O)(O)O.[Ni].[Ni]. The van der Waals surface area contributed by atoms with Crippen molar-refractivity contribution >= 4 is 8.17 Å². The summed E-state index contributed by atoms with van der Waals surface area (Å²) < 4.78 is 0. The Labute approximate surface area is 61.1 Å². The predicted octanol–water partition coefficient (Wildman–Crippen LogP) is -1.37. The van der Waals surface area contributed by atoms with Gasteiger partial charge in [-0.05, 0) is 0 Å². The third kappa shape index (κ3) is 127. The molecule has 0 spiro atoms. The Morgan fingerprint density at radius 3 is 0.714 bits per heavy atom. The second-order valence-electron chi connectivity index (χ2n) is 0.537. The molecule has 0 saturated heterocycles. The Kier molecular flexibility index (Phi) is 12.1. The van der Waals surface area contributed by atoms with E-state index >= 15 is 0 Å². The summed E-state index contributed by atoms with van der Waals surface area (Å²) in [5, 5.41) is 0. The third-order valence-electron chi connectivity index (χ3n) is 0.